The van der Waals surface area contributed by atoms with E-state index in [1.165, 1.54) is 26.7 Å². The van der Waals surface area contributed by atoms with Crippen LogP contribution >= 0.6 is 0 Å². The second-order valence-electron chi connectivity index (χ2n) is 7.18. The van der Waals surface area contributed by atoms with Gasteiger partial charge in [0.05, 0.1) is 12.2 Å². The van der Waals surface area contributed by atoms with Crippen molar-refractivity contribution in [2.75, 3.05) is 6.61 Å². The summed E-state index contributed by atoms with van der Waals surface area (Å²) in [7, 11) is 0. The van der Waals surface area contributed by atoms with Gasteiger partial charge in [-0.05, 0) is 26.7 Å². The van der Waals surface area contributed by atoms with Gasteiger partial charge in [-0.25, -0.2) is 8.78 Å². The molecule has 0 aromatic carbocycles. The standard InChI is InChI=1S/C9H14F4O3.C7H11F5O.C4H10/c1-3-7(2)16-9(12,13)4-8(10,11)5-15-6-14;1-3-5(2)13-7(11,12)4-6(8,9)10;1-3-4-2/h6-7H,3-5H2,1-2H3;5H,3-4H2,1-2H3;3-4H2,1-2H3. The number of unbranched alkanes of at least 4 members (excludes halogenated alkanes) is 1. The van der Waals surface area contributed by atoms with Crippen molar-refractivity contribution in [1.29, 1.82) is 0 Å². The first-order valence-corrected chi connectivity index (χ1v) is 10.4. The lowest BCUT2D eigenvalue weighted by Gasteiger charge is -2.24. The molecule has 33 heavy (non-hydrogen) atoms. The van der Waals surface area contributed by atoms with E-state index in [1.807, 2.05) is 0 Å². The molecule has 2 unspecified atom stereocenters. The Balaban J connectivity index is -0.000000476. The summed E-state index contributed by atoms with van der Waals surface area (Å²) < 4.78 is 123. The smallest absolute Gasteiger partial charge is 0.397 e. The van der Waals surface area contributed by atoms with Crippen LogP contribution in [0.2, 0.25) is 0 Å². The molecule has 0 aliphatic carbocycles. The largest absolute Gasteiger partial charge is 0.461 e. The summed E-state index contributed by atoms with van der Waals surface area (Å²) >= 11 is 0. The zero-order valence-corrected chi connectivity index (χ0v) is 19.7. The fraction of sp³-hybridized carbons (Fsp3) is 0.950. The molecule has 202 valence electrons. The molecule has 0 aliphatic heterocycles. The minimum absolute atomic E-state index is 0.221. The first-order valence-electron chi connectivity index (χ1n) is 10.4. The third-order valence-corrected chi connectivity index (χ3v) is 3.63. The van der Waals surface area contributed by atoms with Crippen molar-refractivity contribution in [1.82, 2.24) is 0 Å². The van der Waals surface area contributed by atoms with Crippen LogP contribution in [0.15, 0.2) is 0 Å². The highest BCUT2D eigenvalue weighted by molar-refractivity contribution is 5.37. The molecule has 0 spiro atoms. The Morgan fingerprint density at radius 1 is 0.697 bits per heavy atom. The van der Waals surface area contributed by atoms with E-state index in [1.54, 1.807) is 13.8 Å². The van der Waals surface area contributed by atoms with Crippen LogP contribution in [0, 0.1) is 0 Å². The van der Waals surface area contributed by atoms with Crippen molar-refractivity contribution >= 4 is 6.47 Å². The molecule has 0 amide bonds. The number of rotatable bonds is 13. The molecule has 2 atom stereocenters. The zero-order chi connectivity index (χ0) is 26.9. The Labute approximate surface area is 189 Å². The van der Waals surface area contributed by atoms with E-state index >= 15 is 0 Å². The molecular weight excluding hydrogens is 475 g/mol. The molecule has 0 aromatic rings. The van der Waals surface area contributed by atoms with Crippen molar-refractivity contribution in [2.45, 2.75) is 117 Å². The normalized spacial score (nSPS) is 14.3. The van der Waals surface area contributed by atoms with E-state index in [0.29, 0.717) is 0 Å². The molecule has 0 aromatic heterocycles. The van der Waals surface area contributed by atoms with Crippen molar-refractivity contribution in [3.8, 4) is 0 Å². The first-order chi connectivity index (χ1) is 14.8. The minimum Gasteiger partial charge on any atom is -0.461 e. The lowest BCUT2D eigenvalue weighted by molar-refractivity contribution is -0.306. The quantitative estimate of drug-likeness (QED) is 0.188. The van der Waals surface area contributed by atoms with Gasteiger partial charge < -0.3 is 14.2 Å². The Morgan fingerprint density at radius 3 is 1.33 bits per heavy atom. The predicted molar refractivity (Wildman–Crippen MR) is 104 cm³/mol. The fourth-order valence-corrected chi connectivity index (χ4v) is 1.58. The van der Waals surface area contributed by atoms with E-state index < -0.39 is 56.0 Å². The van der Waals surface area contributed by atoms with Crippen LogP contribution in [-0.4, -0.2) is 49.6 Å². The predicted octanol–water partition coefficient (Wildman–Crippen LogP) is 7.75. The highest BCUT2D eigenvalue weighted by Crippen LogP contribution is 2.34. The van der Waals surface area contributed by atoms with Gasteiger partial charge in [0.2, 0.25) is 0 Å². The lowest BCUT2D eigenvalue weighted by Crippen LogP contribution is -2.36. The molecule has 0 aliphatic rings. The molecular formula is C20H35F9O4. The van der Waals surface area contributed by atoms with Gasteiger partial charge in [-0.2, -0.15) is 30.7 Å². The van der Waals surface area contributed by atoms with Crippen molar-refractivity contribution in [3.63, 3.8) is 0 Å². The SMILES string of the molecule is CCC(C)OC(F)(F)CC(F)(F)COC=O.CCC(C)OC(F)(F)CC(F)(F)F.CCCC. The lowest BCUT2D eigenvalue weighted by atomic mass is 10.2. The molecule has 0 rings (SSSR count). The van der Waals surface area contributed by atoms with Crippen molar-refractivity contribution in [2.24, 2.45) is 0 Å². The Bertz CT molecular complexity index is 485. The van der Waals surface area contributed by atoms with Gasteiger partial charge in [0.15, 0.2) is 6.61 Å². The number of alkyl halides is 9. The molecule has 0 bridgehead atoms. The number of carbonyl (C=O) groups is 1. The Morgan fingerprint density at radius 2 is 1.06 bits per heavy atom. The zero-order valence-electron chi connectivity index (χ0n) is 19.7. The summed E-state index contributed by atoms with van der Waals surface area (Å²) in [6.07, 6.45) is -15.5. The van der Waals surface area contributed by atoms with Crippen LogP contribution in [0.5, 0.6) is 0 Å². The van der Waals surface area contributed by atoms with E-state index in [0.717, 1.165) is 0 Å². The molecule has 4 nitrogen and oxygen atoms in total. The second kappa shape index (κ2) is 17.2. The first kappa shape index (κ1) is 36.3. The average Bonchev–Trinajstić information content (AvgIpc) is 2.63. The molecule has 0 fully saturated rings. The highest BCUT2D eigenvalue weighted by Gasteiger charge is 2.46. The van der Waals surface area contributed by atoms with Gasteiger partial charge in [-0.15, -0.1) is 0 Å². The van der Waals surface area contributed by atoms with Crippen LogP contribution in [0.25, 0.3) is 0 Å². The number of hydrogen-bond donors (Lipinski definition) is 0. The van der Waals surface area contributed by atoms with Gasteiger partial charge in [0, 0.05) is 0 Å². The Kier molecular flexibility index (Phi) is 19.0. The summed E-state index contributed by atoms with van der Waals surface area (Å²) in [4.78, 5) is 9.67. The third kappa shape index (κ3) is 26.9. The van der Waals surface area contributed by atoms with E-state index in [2.05, 4.69) is 28.1 Å². The second-order valence-corrected chi connectivity index (χ2v) is 7.18. The molecule has 0 saturated carbocycles. The highest BCUT2D eigenvalue weighted by atomic mass is 19.4. The summed E-state index contributed by atoms with van der Waals surface area (Å²) in [5.41, 5.74) is 0. The number of carbonyl (C=O) groups excluding carboxylic acids is 1. The molecule has 0 heterocycles. The van der Waals surface area contributed by atoms with Gasteiger partial charge in [-0.1, -0.05) is 40.5 Å². The van der Waals surface area contributed by atoms with Crippen LogP contribution in [0.3, 0.4) is 0 Å². The number of ether oxygens (including phenoxy) is 3. The molecule has 13 heteroatoms. The summed E-state index contributed by atoms with van der Waals surface area (Å²) in [6, 6.07) is 0. The minimum atomic E-state index is -4.91. The third-order valence-electron chi connectivity index (χ3n) is 3.63. The van der Waals surface area contributed by atoms with E-state index in [9.17, 15) is 44.3 Å². The van der Waals surface area contributed by atoms with Crippen LogP contribution in [-0.2, 0) is 19.0 Å². The summed E-state index contributed by atoms with van der Waals surface area (Å²) in [6.45, 7) is 8.55. The van der Waals surface area contributed by atoms with Gasteiger partial charge in [0.1, 0.15) is 12.8 Å². The average molecular weight is 510 g/mol. The van der Waals surface area contributed by atoms with Gasteiger partial charge >= 0.3 is 18.4 Å². The maximum atomic E-state index is 12.9. The van der Waals surface area contributed by atoms with E-state index in [-0.39, 0.29) is 19.3 Å². The van der Waals surface area contributed by atoms with Crippen molar-refractivity contribution < 1.29 is 58.5 Å². The number of halogens is 9. The van der Waals surface area contributed by atoms with Crippen LogP contribution < -0.4 is 0 Å². The molecule has 0 radical (unpaired) electrons. The molecule has 0 N–H and O–H groups in total. The monoisotopic (exact) mass is 510 g/mol. The van der Waals surface area contributed by atoms with Gasteiger partial charge in [-0.3, -0.25) is 4.79 Å². The van der Waals surface area contributed by atoms with Crippen LogP contribution in [0.4, 0.5) is 39.5 Å². The summed E-state index contributed by atoms with van der Waals surface area (Å²) in [5.74, 6) is -3.81. The topological polar surface area (TPSA) is 44.8 Å². The fourth-order valence-electron chi connectivity index (χ4n) is 1.58. The van der Waals surface area contributed by atoms with Gasteiger partial charge in [0.25, 0.3) is 12.4 Å². The maximum Gasteiger partial charge on any atom is 0.397 e. The van der Waals surface area contributed by atoms with Crippen LogP contribution in [0.1, 0.15) is 80.1 Å². The maximum absolute atomic E-state index is 12.9. The van der Waals surface area contributed by atoms with Crippen molar-refractivity contribution in [3.05, 3.63) is 0 Å². The molecule has 0 saturated heterocycles. The summed E-state index contributed by atoms with van der Waals surface area (Å²) in [5, 5.41) is 0. The van der Waals surface area contributed by atoms with E-state index in [4.69, 9.17) is 0 Å². The Hall–Kier alpha value is -1.24. The number of hydrogen-bond acceptors (Lipinski definition) is 4.